The summed E-state index contributed by atoms with van der Waals surface area (Å²) in [6.45, 7) is 2.71. The summed E-state index contributed by atoms with van der Waals surface area (Å²) in [5.74, 6) is -0.679. The maximum Gasteiger partial charge on any atom is 0.274 e. The van der Waals surface area contributed by atoms with Gasteiger partial charge < -0.3 is 10.6 Å². The van der Waals surface area contributed by atoms with Crippen LogP contribution in [-0.4, -0.2) is 23.3 Å². The molecule has 1 heterocycles. The second kappa shape index (κ2) is 9.39. The van der Waals surface area contributed by atoms with Gasteiger partial charge in [-0.25, -0.2) is 0 Å². The third-order valence-corrected chi connectivity index (χ3v) is 4.05. The van der Waals surface area contributed by atoms with Crippen LogP contribution in [0.5, 0.6) is 0 Å². The summed E-state index contributed by atoms with van der Waals surface area (Å²) in [6.07, 6.45) is 4.50. The van der Waals surface area contributed by atoms with Crippen molar-refractivity contribution in [3.8, 4) is 0 Å². The first-order chi connectivity index (χ1) is 12.0. The lowest BCUT2D eigenvalue weighted by Gasteiger charge is -2.08. The maximum absolute atomic E-state index is 12.3. The molecule has 1 aromatic heterocycles. The van der Waals surface area contributed by atoms with Gasteiger partial charge in [-0.1, -0.05) is 43.0 Å². The molecule has 1 aromatic carbocycles. The van der Waals surface area contributed by atoms with E-state index in [0.29, 0.717) is 27.8 Å². The summed E-state index contributed by atoms with van der Waals surface area (Å²) in [5, 5.41) is 6.29. The molecule has 132 valence electrons. The number of amides is 2. The molecule has 2 rings (SSSR count). The Hall–Kier alpha value is -2.11. The van der Waals surface area contributed by atoms with Gasteiger partial charge in [0.1, 0.15) is 5.69 Å². The zero-order valence-electron chi connectivity index (χ0n) is 13.8. The van der Waals surface area contributed by atoms with E-state index >= 15 is 0 Å². The molecule has 2 aromatic rings. The second-order valence-electron chi connectivity index (χ2n) is 5.47. The molecule has 0 unspecified atom stereocenters. The zero-order chi connectivity index (χ0) is 18.2. The minimum absolute atomic E-state index is 0.132. The summed E-state index contributed by atoms with van der Waals surface area (Å²) in [5.41, 5.74) is 0.943. The highest BCUT2D eigenvalue weighted by Crippen LogP contribution is 2.25. The Labute approximate surface area is 156 Å². The molecule has 0 bridgehead atoms. The third kappa shape index (κ3) is 5.73. The van der Waals surface area contributed by atoms with Crippen molar-refractivity contribution in [1.29, 1.82) is 0 Å². The molecule has 5 nitrogen and oxygen atoms in total. The van der Waals surface area contributed by atoms with E-state index in [4.69, 9.17) is 23.2 Å². The van der Waals surface area contributed by atoms with Crippen molar-refractivity contribution in [3.05, 3.63) is 57.8 Å². The van der Waals surface area contributed by atoms with Gasteiger partial charge in [-0.2, -0.15) is 0 Å². The number of rotatable bonds is 7. The standard InChI is InChI=1S/C18H19Cl2N3O2/c1-2-3-4-8-22-17(24)12-7-9-21-16(10-12)18(25)23-15-6-5-13(19)11-14(15)20/h5-7,9-11H,2-4,8H2,1H3,(H,22,24)(H,23,25). The summed E-state index contributed by atoms with van der Waals surface area (Å²) in [4.78, 5) is 28.5. The van der Waals surface area contributed by atoms with Crippen molar-refractivity contribution in [2.24, 2.45) is 0 Å². The minimum Gasteiger partial charge on any atom is -0.352 e. The fourth-order valence-corrected chi connectivity index (χ4v) is 2.61. The molecule has 0 radical (unpaired) electrons. The Balaban J connectivity index is 2.04. The molecule has 0 saturated carbocycles. The number of pyridine rings is 1. The van der Waals surface area contributed by atoms with Gasteiger partial charge in [0.15, 0.2) is 0 Å². The van der Waals surface area contributed by atoms with E-state index in [-0.39, 0.29) is 11.6 Å². The van der Waals surface area contributed by atoms with Gasteiger partial charge in [0, 0.05) is 23.3 Å². The summed E-state index contributed by atoms with van der Waals surface area (Å²) < 4.78 is 0. The predicted octanol–water partition coefficient (Wildman–Crippen LogP) is 4.56. The molecule has 0 aliphatic heterocycles. The fourth-order valence-electron chi connectivity index (χ4n) is 2.15. The highest BCUT2D eigenvalue weighted by atomic mass is 35.5. The van der Waals surface area contributed by atoms with Gasteiger partial charge in [0.25, 0.3) is 11.8 Å². The van der Waals surface area contributed by atoms with Crippen molar-refractivity contribution in [2.45, 2.75) is 26.2 Å². The number of aromatic nitrogens is 1. The van der Waals surface area contributed by atoms with E-state index in [0.717, 1.165) is 19.3 Å². The number of anilines is 1. The smallest absolute Gasteiger partial charge is 0.274 e. The van der Waals surface area contributed by atoms with Crippen molar-refractivity contribution in [2.75, 3.05) is 11.9 Å². The SMILES string of the molecule is CCCCCNC(=O)c1ccnc(C(=O)Nc2ccc(Cl)cc2Cl)c1. The number of carbonyl (C=O) groups excluding carboxylic acids is 2. The number of nitrogens with zero attached hydrogens (tertiary/aromatic N) is 1. The van der Waals surface area contributed by atoms with Crippen LogP contribution in [0, 0.1) is 0 Å². The largest absolute Gasteiger partial charge is 0.352 e. The molecule has 0 atom stereocenters. The average Bonchev–Trinajstić information content (AvgIpc) is 2.61. The Bertz CT molecular complexity index is 766. The number of hydrogen-bond donors (Lipinski definition) is 2. The van der Waals surface area contributed by atoms with Gasteiger partial charge in [-0.05, 0) is 36.8 Å². The van der Waals surface area contributed by atoms with Crippen LogP contribution in [0.25, 0.3) is 0 Å². The van der Waals surface area contributed by atoms with Crippen molar-refractivity contribution < 1.29 is 9.59 Å². The van der Waals surface area contributed by atoms with E-state index in [1.807, 2.05) is 0 Å². The molecular formula is C18H19Cl2N3O2. The molecule has 0 spiro atoms. The lowest BCUT2D eigenvalue weighted by Crippen LogP contribution is -2.25. The predicted molar refractivity (Wildman–Crippen MR) is 101 cm³/mol. The van der Waals surface area contributed by atoms with Gasteiger partial charge in [0.2, 0.25) is 0 Å². The minimum atomic E-state index is -0.454. The monoisotopic (exact) mass is 379 g/mol. The first-order valence-electron chi connectivity index (χ1n) is 8.02. The quantitative estimate of drug-likeness (QED) is 0.692. The van der Waals surface area contributed by atoms with E-state index in [1.54, 1.807) is 18.2 Å². The number of halogens is 2. The topological polar surface area (TPSA) is 71.1 Å². The Morgan fingerprint density at radius 2 is 1.88 bits per heavy atom. The van der Waals surface area contributed by atoms with Crippen LogP contribution in [-0.2, 0) is 0 Å². The van der Waals surface area contributed by atoms with Crippen LogP contribution in [0.3, 0.4) is 0 Å². The lowest BCUT2D eigenvalue weighted by molar-refractivity contribution is 0.0953. The van der Waals surface area contributed by atoms with E-state index in [1.165, 1.54) is 18.3 Å². The molecule has 7 heteroatoms. The number of carbonyl (C=O) groups is 2. The molecule has 0 aliphatic carbocycles. The van der Waals surface area contributed by atoms with Crippen LogP contribution in [0.4, 0.5) is 5.69 Å². The van der Waals surface area contributed by atoms with Crippen LogP contribution in [0.15, 0.2) is 36.5 Å². The highest BCUT2D eigenvalue weighted by molar-refractivity contribution is 6.36. The van der Waals surface area contributed by atoms with E-state index in [2.05, 4.69) is 22.5 Å². The van der Waals surface area contributed by atoms with Gasteiger partial charge >= 0.3 is 0 Å². The summed E-state index contributed by atoms with van der Waals surface area (Å²) >= 11 is 11.9. The number of benzene rings is 1. The number of unbranched alkanes of at least 4 members (excludes halogenated alkanes) is 2. The number of nitrogens with one attached hydrogen (secondary N) is 2. The Kier molecular flexibility index (Phi) is 7.22. The van der Waals surface area contributed by atoms with Crippen LogP contribution in [0.2, 0.25) is 10.0 Å². The molecular weight excluding hydrogens is 361 g/mol. The van der Waals surface area contributed by atoms with Crippen LogP contribution < -0.4 is 10.6 Å². The van der Waals surface area contributed by atoms with Crippen molar-refractivity contribution in [3.63, 3.8) is 0 Å². The first kappa shape index (κ1) is 19.2. The van der Waals surface area contributed by atoms with Crippen molar-refractivity contribution >= 4 is 40.7 Å². The molecule has 0 fully saturated rings. The Morgan fingerprint density at radius 3 is 2.60 bits per heavy atom. The second-order valence-corrected chi connectivity index (χ2v) is 6.31. The van der Waals surface area contributed by atoms with Crippen LogP contribution >= 0.6 is 23.2 Å². The molecule has 25 heavy (non-hydrogen) atoms. The molecule has 0 aliphatic rings. The lowest BCUT2D eigenvalue weighted by atomic mass is 10.2. The van der Waals surface area contributed by atoms with Gasteiger partial charge in [0.05, 0.1) is 10.7 Å². The third-order valence-electron chi connectivity index (χ3n) is 3.50. The van der Waals surface area contributed by atoms with Gasteiger partial charge in [-0.15, -0.1) is 0 Å². The van der Waals surface area contributed by atoms with Crippen LogP contribution in [0.1, 0.15) is 47.0 Å². The molecule has 2 N–H and O–H groups in total. The molecule has 0 saturated heterocycles. The normalized spacial score (nSPS) is 10.4. The first-order valence-corrected chi connectivity index (χ1v) is 8.77. The highest BCUT2D eigenvalue weighted by Gasteiger charge is 2.13. The van der Waals surface area contributed by atoms with E-state index < -0.39 is 5.91 Å². The fraction of sp³-hybridized carbons (Fsp3) is 0.278. The van der Waals surface area contributed by atoms with Crippen molar-refractivity contribution in [1.82, 2.24) is 10.3 Å². The number of hydrogen-bond acceptors (Lipinski definition) is 3. The van der Waals surface area contributed by atoms with E-state index in [9.17, 15) is 9.59 Å². The molecule has 2 amide bonds. The Morgan fingerprint density at radius 1 is 1.08 bits per heavy atom. The van der Waals surface area contributed by atoms with Gasteiger partial charge in [-0.3, -0.25) is 14.6 Å². The summed E-state index contributed by atoms with van der Waals surface area (Å²) in [6, 6.07) is 7.78. The summed E-state index contributed by atoms with van der Waals surface area (Å²) in [7, 11) is 0. The maximum atomic E-state index is 12.3. The average molecular weight is 380 g/mol. The zero-order valence-corrected chi connectivity index (χ0v) is 15.3.